The topological polar surface area (TPSA) is 69.7 Å². The summed E-state index contributed by atoms with van der Waals surface area (Å²) in [4.78, 5) is 11.1. The van der Waals surface area contributed by atoms with E-state index in [4.69, 9.17) is 9.47 Å². The van der Waals surface area contributed by atoms with Crippen LogP contribution in [-0.2, 0) is 14.6 Å². The van der Waals surface area contributed by atoms with Crippen LogP contribution in [0.4, 0.5) is 0 Å². The lowest BCUT2D eigenvalue weighted by atomic mass is 10.3. The third kappa shape index (κ3) is 3.72. The van der Waals surface area contributed by atoms with E-state index in [9.17, 15) is 13.2 Å². The van der Waals surface area contributed by atoms with Crippen molar-refractivity contribution in [3.63, 3.8) is 0 Å². The van der Waals surface area contributed by atoms with E-state index in [1.807, 2.05) is 0 Å². The lowest BCUT2D eigenvalue weighted by molar-refractivity contribution is -0.117. The number of carbonyl (C=O) groups excluding carboxylic acids is 1. The minimum absolute atomic E-state index is 0.00105. The SMILES string of the molecule is CC(=O)CCCS(=O)(=O)c1ccc2c(c1)OCCCO2. The molecular formula is C14H18O5S. The number of benzene rings is 1. The van der Waals surface area contributed by atoms with Crippen LogP contribution in [0.3, 0.4) is 0 Å². The average molecular weight is 298 g/mol. The molecule has 1 aromatic rings. The van der Waals surface area contributed by atoms with Gasteiger partial charge in [-0.25, -0.2) is 8.42 Å². The molecule has 5 nitrogen and oxygen atoms in total. The fraction of sp³-hybridized carbons (Fsp3) is 0.500. The first-order valence-corrected chi connectivity index (χ1v) is 8.26. The molecule has 0 radical (unpaired) electrons. The fourth-order valence-electron chi connectivity index (χ4n) is 1.97. The maximum absolute atomic E-state index is 12.2. The highest BCUT2D eigenvalue weighted by Gasteiger charge is 2.18. The zero-order valence-corrected chi connectivity index (χ0v) is 12.2. The molecule has 6 heteroatoms. The van der Waals surface area contributed by atoms with Crippen molar-refractivity contribution in [1.82, 2.24) is 0 Å². The molecule has 1 heterocycles. The molecule has 0 aromatic heterocycles. The molecule has 1 aliphatic heterocycles. The van der Waals surface area contributed by atoms with E-state index in [1.165, 1.54) is 19.1 Å². The van der Waals surface area contributed by atoms with Gasteiger partial charge in [0.2, 0.25) is 0 Å². The molecule has 0 saturated carbocycles. The molecule has 0 atom stereocenters. The Bertz CT molecular complexity index is 592. The molecule has 0 fully saturated rings. The van der Waals surface area contributed by atoms with Crippen molar-refractivity contribution >= 4 is 15.6 Å². The molecule has 110 valence electrons. The lowest BCUT2D eigenvalue weighted by Crippen LogP contribution is -2.08. The minimum atomic E-state index is -3.39. The van der Waals surface area contributed by atoms with Crippen molar-refractivity contribution < 1.29 is 22.7 Å². The first-order valence-electron chi connectivity index (χ1n) is 6.61. The number of Topliss-reactive ketones (excluding diaryl/α,β-unsaturated/α-hetero) is 1. The lowest BCUT2D eigenvalue weighted by Gasteiger charge is -2.09. The summed E-state index contributed by atoms with van der Waals surface area (Å²) in [5.74, 6) is 1.01. The monoisotopic (exact) mass is 298 g/mol. The van der Waals surface area contributed by atoms with E-state index in [2.05, 4.69) is 0 Å². The van der Waals surface area contributed by atoms with E-state index in [0.29, 0.717) is 31.1 Å². The first kappa shape index (κ1) is 14.8. The largest absolute Gasteiger partial charge is 0.490 e. The number of hydrogen-bond donors (Lipinski definition) is 0. The van der Waals surface area contributed by atoms with E-state index in [0.717, 1.165) is 6.42 Å². The van der Waals surface area contributed by atoms with Gasteiger partial charge in [0.05, 0.1) is 23.9 Å². The van der Waals surface area contributed by atoms with Gasteiger partial charge in [-0.3, -0.25) is 0 Å². The number of carbonyl (C=O) groups is 1. The van der Waals surface area contributed by atoms with Gasteiger partial charge in [0.15, 0.2) is 21.3 Å². The van der Waals surface area contributed by atoms with Crippen molar-refractivity contribution in [2.75, 3.05) is 19.0 Å². The zero-order chi connectivity index (χ0) is 14.6. The van der Waals surface area contributed by atoms with Crippen LogP contribution in [0.15, 0.2) is 23.1 Å². The maximum atomic E-state index is 12.2. The molecule has 0 aliphatic carbocycles. The summed E-state index contributed by atoms with van der Waals surface area (Å²) in [6.45, 7) is 2.54. The van der Waals surface area contributed by atoms with Gasteiger partial charge in [0.25, 0.3) is 0 Å². The van der Waals surface area contributed by atoms with E-state index in [1.54, 1.807) is 6.07 Å². The van der Waals surface area contributed by atoms with Gasteiger partial charge < -0.3 is 14.3 Å². The number of ketones is 1. The first-order chi connectivity index (χ1) is 9.49. The van der Waals surface area contributed by atoms with Gasteiger partial charge in [-0.2, -0.15) is 0 Å². The summed E-state index contributed by atoms with van der Waals surface area (Å²) >= 11 is 0. The molecule has 2 rings (SSSR count). The van der Waals surface area contributed by atoms with Crippen molar-refractivity contribution in [2.45, 2.75) is 31.1 Å². The van der Waals surface area contributed by atoms with Crippen LogP contribution in [0.1, 0.15) is 26.2 Å². The fourth-order valence-corrected chi connectivity index (χ4v) is 3.29. The quantitative estimate of drug-likeness (QED) is 0.831. The minimum Gasteiger partial charge on any atom is -0.490 e. The number of rotatable bonds is 5. The molecule has 0 spiro atoms. The second-order valence-corrected chi connectivity index (χ2v) is 6.89. The summed E-state index contributed by atoms with van der Waals surface area (Å²) in [6.07, 6.45) is 1.39. The van der Waals surface area contributed by atoms with E-state index >= 15 is 0 Å². The van der Waals surface area contributed by atoms with Crippen LogP contribution in [0, 0.1) is 0 Å². The zero-order valence-electron chi connectivity index (χ0n) is 11.4. The molecule has 1 aliphatic rings. The Hall–Kier alpha value is -1.56. The molecule has 0 amide bonds. The molecular weight excluding hydrogens is 280 g/mol. The van der Waals surface area contributed by atoms with Crippen molar-refractivity contribution in [1.29, 1.82) is 0 Å². The van der Waals surface area contributed by atoms with Gasteiger partial charge in [-0.15, -0.1) is 0 Å². The van der Waals surface area contributed by atoms with Crippen LogP contribution in [-0.4, -0.2) is 33.2 Å². The molecule has 0 N–H and O–H groups in total. The summed E-state index contributed by atoms with van der Waals surface area (Å²) in [5, 5.41) is 0. The third-order valence-corrected chi connectivity index (χ3v) is 4.82. The summed E-state index contributed by atoms with van der Waals surface area (Å²) in [5.41, 5.74) is 0. The Labute approximate surface area is 118 Å². The molecule has 0 saturated heterocycles. The molecule has 20 heavy (non-hydrogen) atoms. The van der Waals surface area contributed by atoms with Crippen molar-refractivity contribution in [2.24, 2.45) is 0 Å². The van der Waals surface area contributed by atoms with Crippen LogP contribution in [0.5, 0.6) is 11.5 Å². The van der Waals surface area contributed by atoms with Crippen molar-refractivity contribution in [3.8, 4) is 11.5 Å². The van der Waals surface area contributed by atoms with Crippen LogP contribution in [0.25, 0.3) is 0 Å². The van der Waals surface area contributed by atoms with E-state index in [-0.39, 0.29) is 22.9 Å². The highest BCUT2D eigenvalue weighted by Crippen LogP contribution is 2.32. The van der Waals surface area contributed by atoms with Gasteiger partial charge in [-0.05, 0) is 25.5 Å². The number of sulfone groups is 1. The van der Waals surface area contributed by atoms with Crippen LogP contribution >= 0.6 is 0 Å². The number of fused-ring (bicyclic) bond motifs is 1. The molecule has 0 unspecified atom stereocenters. The Balaban J connectivity index is 2.15. The van der Waals surface area contributed by atoms with Gasteiger partial charge in [-0.1, -0.05) is 0 Å². The standard InChI is InChI=1S/C14H18O5S/c1-11(15)4-2-9-20(16,17)12-5-6-13-14(10-12)19-8-3-7-18-13/h5-6,10H,2-4,7-9H2,1H3. The summed E-state index contributed by atoms with van der Waals surface area (Å²) < 4.78 is 35.3. The van der Waals surface area contributed by atoms with Crippen molar-refractivity contribution in [3.05, 3.63) is 18.2 Å². The van der Waals surface area contributed by atoms with Gasteiger partial charge in [0.1, 0.15) is 5.78 Å². The van der Waals surface area contributed by atoms with Gasteiger partial charge >= 0.3 is 0 Å². The Morgan fingerprint density at radius 1 is 1.20 bits per heavy atom. The maximum Gasteiger partial charge on any atom is 0.178 e. The van der Waals surface area contributed by atoms with Crippen LogP contribution in [0.2, 0.25) is 0 Å². The predicted octanol–water partition coefficient (Wildman–Crippen LogP) is 1.99. The highest BCUT2D eigenvalue weighted by atomic mass is 32.2. The second kappa shape index (κ2) is 6.26. The van der Waals surface area contributed by atoms with Crippen LogP contribution < -0.4 is 9.47 Å². The summed E-state index contributed by atoms with van der Waals surface area (Å²) in [7, 11) is -3.39. The highest BCUT2D eigenvalue weighted by molar-refractivity contribution is 7.91. The molecule has 0 bridgehead atoms. The Kier molecular flexibility index (Phi) is 4.65. The smallest absolute Gasteiger partial charge is 0.178 e. The number of hydrogen-bond acceptors (Lipinski definition) is 5. The predicted molar refractivity (Wildman–Crippen MR) is 74.0 cm³/mol. The second-order valence-electron chi connectivity index (χ2n) is 4.78. The van der Waals surface area contributed by atoms with Gasteiger partial charge in [0, 0.05) is 18.9 Å². The summed E-state index contributed by atoms with van der Waals surface area (Å²) in [6, 6.07) is 4.65. The normalized spacial score (nSPS) is 14.7. The number of ether oxygens (including phenoxy) is 2. The average Bonchev–Trinajstić information content (AvgIpc) is 2.62. The Morgan fingerprint density at radius 3 is 2.60 bits per heavy atom. The third-order valence-electron chi connectivity index (χ3n) is 3.02. The van der Waals surface area contributed by atoms with E-state index < -0.39 is 9.84 Å². The Morgan fingerprint density at radius 2 is 1.90 bits per heavy atom. The molecule has 1 aromatic carbocycles.